The van der Waals surface area contributed by atoms with Gasteiger partial charge in [-0.25, -0.2) is 0 Å². The highest BCUT2D eigenvalue weighted by Crippen LogP contribution is 2.20. The predicted octanol–water partition coefficient (Wildman–Crippen LogP) is 4.73. The number of hydrogen-bond acceptors (Lipinski definition) is 3. The minimum absolute atomic E-state index is 0.486. The zero-order chi connectivity index (χ0) is 18.9. The van der Waals surface area contributed by atoms with Crippen molar-refractivity contribution in [3.05, 3.63) is 66.7 Å². The average Bonchev–Trinajstić information content (AvgIpc) is 2.72. The van der Waals surface area contributed by atoms with Crippen molar-refractivity contribution in [2.24, 2.45) is 0 Å². The second-order valence-electron chi connectivity index (χ2n) is 6.65. The van der Waals surface area contributed by atoms with Crippen LogP contribution in [0, 0.1) is 0 Å². The van der Waals surface area contributed by atoms with E-state index in [0.29, 0.717) is 18.3 Å². The molecule has 0 unspecified atom stereocenters. The van der Waals surface area contributed by atoms with Crippen LogP contribution < -0.4 is 20.3 Å². The summed E-state index contributed by atoms with van der Waals surface area (Å²) in [5, 5.41) is 7.05. The molecule has 142 valence electrons. The van der Waals surface area contributed by atoms with Gasteiger partial charge in [-0.05, 0) is 61.3 Å². The minimum atomic E-state index is 0.486. The van der Waals surface area contributed by atoms with Gasteiger partial charge in [-0.3, -0.25) is 0 Å². The van der Waals surface area contributed by atoms with Crippen LogP contribution in [0.15, 0.2) is 61.2 Å². The third-order valence-corrected chi connectivity index (χ3v) is 4.82. The van der Waals surface area contributed by atoms with Crippen LogP contribution in [0.25, 0.3) is 0 Å². The third-order valence-electron chi connectivity index (χ3n) is 4.57. The summed E-state index contributed by atoms with van der Waals surface area (Å²) in [7, 11) is 0. The monoisotopic (exact) mass is 381 g/mol. The number of piperidine rings is 1. The first-order valence-electron chi connectivity index (χ1n) is 9.47. The maximum atomic E-state index is 5.54. The molecule has 1 fully saturated rings. The molecule has 0 radical (unpaired) electrons. The predicted molar refractivity (Wildman–Crippen MR) is 118 cm³/mol. The van der Waals surface area contributed by atoms with Gasteiger partial charge in [0.05, 0.1) is 0 Å². The van der Waals surface area contributed by atoms with Gasteiger partial charge in [-0.15, -0.1) is 0 Å². The topological polar surface area (TPSA) is 36.5 Å². The van der Waals surface area contributed by atoms with Crippen LogP contribution >= 0.6 is 12.2 Å². The number of ether oxygens (including phenoxy) is 1. The summed E-state index contributed by atoms with van der Waals surface area (Å²) in [5.74, 6) is 0.788. The summed E-state index contributed by atoms with van der Waals surface area (Å²) in [6, 6.07) is 16.5. The lowest BCUT2D eigenvalue weighted by molar-refractivity contribution is 0.363. The van der Waals surface area contributed by atoms with E-state index in [1.165, 1.54) is 43.6 Å². The van der Waals surface area contributed by atoms with E-state index in [9.17, 15) is 0 Å². The summed E-state index contributed by atoms with van der Waals surface area (Å²) in [4.78, 5) is 2.47. The Morgan fingerprint density at radius 2 is 1.89 bits per heavy atom. The standard InChI is InChI=1S/C22H27N3OS/c1-2-15-26-21-8-6-7-19(16-21)24-22(27)23-17-18-9-11-20(12-10-18)25-13-4-3-5-14-25/h2,6-12,16H,1,3-5,13-15,17H2,(H2,23,24,27). The van der Waals surface area contributed by atoms with Crippen LogP contribution in [0.2, 0.25) is 0 Å². The summed E-state index contributed by atoms with van der Waals surface area (Å²) >= 11 is 5.41. The molecule has 1 aliphatic heterocycles. The molecule has 1 aliphatic rings. The van der Waals surface area contributed by atoms with Gasteiger partial charge in [0, 0.05) is 37.1 Å². The fourth-order valence-electron chi connectivity index (χ4n) is 3.15. The van der Waals surface area contributed by atoms with E-state index in [-0.39, 0.29) is 0 Å². The van der Waals surface area contributed by atoms with Crippen LogP contribution in [-0.2, 0) is 6.54 Å². The Balaban J connectivity index is 1.48. The molecule has 0 spiro atoms. The zero-order valence-electron chi connectivity index (χ0n) is 15.6. The van der Waals surface area contributed by atoms with Crippen molar-refractivity contribution in [3.63, 3.8) is 0 Å². The Kier molecular flexibility index (Phi) is 7.11. The summed E-state index contributed by atoms with van der Waals surface area (Å²) in [6.45, 7) is 7.17. The molecule has 0 atom stereocenters. The highest BCUT2D eigenvalue weighted by atomic mass is 32.1. The molecule has 0 bridgehead atoms. The number of nitrogens with zero attached hydrogens (tertiary/aromatic N) is 1. The average molecular weight is 382 g/mol. The second kappa shape index (κ2) is 9.97. The first-order chi connectivity index (χ1) is 13.2. The molecular formula is C22H27N3OS. The summed E-state index contributed by atoms with van der Waals surface area (Å²) in [6.07, 6.45) is 5.67. The van der Waals surface area contributed by atoms with Crippen molar-refractivity contribution >= 4 is 28.7 Å². The van der Waals surface area contributed by atoms with Crippen molar-refractivity contribution in [2.75, 3.05) is 29.9 Å². The van der Waals surface area contributed by atoms with Gasteiger partial charge in [0.2, 0.25) is 0 Å². The molecule has 27 heavy (non-hydrogen) atoms. The lowest BCUT2D eigenvalue weighted by Crippen LogP contribution is -2.29. The van der Waals surface area contributed by atoms with Crippen LogP contribution in [0.3, 0.4) is 0 Å². The third kappa shape index (κ3) is 6.00. The Labute approximate surface area is 167 Å². The minimum Gasteiger partial charge on any atom is -0.489 e. The van der Waals surface area contributed by atoms with Gasteiger partial charge in [0.1, 0.15) is 12.4 Å². The molecule has 5 heteroatoms. The molecule has 1 heterocycles. The summed E-state index contributed by atoms with van der Waals surface area (Å²) in [5.41, 5.74) is 3.42. The molecular weight excluding hydrogens is 354 g/mol. The van der Waals surface area contributed by atoms with E-state index in [1.54, 1.807) is 6.08 Å². The number of anilines is 2. The maximum absolute atomic E-state index is 5.54. The Bertz CT molecular complexity index is 754. The largest absolute Gasteiger partial charge is 0.489 e. The number of hydrogen-bond donors (Lipinski definition) is 2. The van der Waals surface area contributed by atoms with E-state index < -0.39 is 0 Å². The van der Waals surface area contributed by atoms with Gasteiger partial charge >= 0.3 is 0 Å². The maximum Gasteiger partial charge on any atom is 0.171 e. The molecule has 4 nitrogen and oxygen atoms in total. The van der Waals surface area contributed by atoms with Gasteiger partial charge in [0.15, 0.2) is 5.11 Å². The summed E-state index contributed by atoms with van der Waals surface area (Å²) < 4.78 is 5.54. The van der Waals surface area contributed by atoms with E-state index in [1.807, 2.05) is 24.3 Å². The fourth-order valence-corrected chi connectivity index (χ4v) is 3.34. The van der Waals surface area contributed by atoms with Crippen molar-refractivity contribution in [3.8, 4) is 5.75 Å². The molecule has 2 N–H and O–H groups in total. The molecule has 0 amide bonds. The van der Waals surface area contributed by atoms with Gasteiger partial charge in [-0.2, -0.15) is 0 Å². The second-order valence-corrected chi connectivity index (χ2v) is 7.06. The molecule has 2 aromatic rings. The Hall–Kier alpha value is -2.53. The molecule has 0 aromatic heterocycles. The molecule has 3 rings (SSSR count). The number of thiocarbonyl (C=S) groups is 1. The first-order valence-corrected chi connectivity index (χ1v) is 9.88. The van der Waals surface area contributed by atoms with Crippen molar-refractivity contribution in [1.29, 1.82) is 0 Å². The van der Waals surface area contributed by atoms with Gasteiger partial charge < -0.3 is 20.3 Å². The Morgan fingerprint density at radius 1 is 1.11 bits per heavy atom. The van der Waals surface area contributed by atoms with Crippen molar-refractivity contribution in [2.45, 2.75) is 25.8 Å². The Morgan fingerprint density at radius 3 is 2.63 bits per heavy atom. The molecule has 0 aliphatic carbocycles. The van der Waals surface area contributed by atoms with E-state index in [2.05, 4.69) is 46.4 Å². The quantitative estimate of drug-likeness (QED) is 0.536. The van der Waals surface area contributed by atoms with Crippen molar-refractivity contribution < 1.29 is 4.74 Å². The lowest BCUT2D eigenvalue weighted by Gasteiger charge is -2.28. The smallest absolute Gasteiger partial charge is 0.171 e. The van der Waals surface area contributed by atoms with Crippen molar-refractivity contribution in [1.82, 2.24) is 5.32 Å². The van der Waals surface area contributed by atoms with Crippen LogP contribution in [0.1, 0.15) is 24.8 Å². The number of benzene rings is 2. The van der Waals surface area contributed by atoms with Gasteiger partial charge in [0.25, 0.3) is 0 Å². The number of nitrogens with one attached hydrogen (secondary N) is 2. The molecule has 0 saturated carbocycles. The highest BCUT2D eigenvalue weighted by molar-refractivity contribution is 7.80. The molecule has 2 aromatic carbocycles. The van der Waals surface area contributed by atoms with E-state index in [4.69, 9.17) is 17.0 Å². The molecule has 1 saturated heterocycles. The van der Waals surface area contributed by atoms with Gasteiger partial charge in [-0.1, -0.05) is 30.9 Å². The zero-order valence-corrected chi connectivity index (χ0v) is 16.4. The van der Waals surface area contributed by atoms with E-state index >= 15 is 0 Å². The number of rotatable bonds is 7. The normalized spacial score (nSPS) is 13.7. The highest BCUT2D eigenvalue weighted by Gasteiger charge is 2.10. The van der Waals surface area contributed by atoms with Crippen LogP contribution in [0.4, 0.5) is 11.4 Å². The lowest BCUT2D eigenvalue weighted by atomic mass is 10.1. The van der Waals surface area contributed by atoms with E-state index in [0.717, 1.165) is 11.4 Å². The fraction of sp³-hybridized carbons (Fsp3) is 0.318. The first kappa shape index (κ1) is 19.2. The van der Waals surface area contributed by atoms with Crippen LogP contribution in [0.5, 0.6) is 5.75 Å². The SMILES string of the molecule is C=CCOc1cccc(NC(=S)NCc2ccc(N3CCCCC3)cc2)c1. The van der Waals surface area contributed by atoms with Crippen LogP contribution in [-0.4, -0.2) is 24.8 Å².